The summed E-state index contributed by atoms with van der Waals surface area (Å²) >= 11 is 9.61. The van der Waals surface area contributed by atoms with Crippen molar-refractivity contribution >= 4 is 39.3 Å². The largest absolute Gasteiger partial charge is 0.295 e. The highest BCUT2D eigenvalue weighted by Gasteiger charge is 2.53. The van der Waals surface area contributed by atoms with Crippen LogP contribution < -0.4 is 5.32 Å². The SMILES string of the molecule is O=C1NC(=O)C2(Cc3cc(Br)ccc3Cl)C=CC=CC12. The van der Waals surface area contributed by atoms with Crippen molar-refractivity contribution in [3.63, 3.8) is 0 Å². The molecule has 1 aliphatic heterocycles. The molecule has 2 amide bonds. The van der Waals surface area contributed by atoms with Crippen molar-refractivity contribution in [3.05, 3.63) is 57.6 Å². The van der Waals surface area contributed by atoms with E-state index in [0.717, 1.165) is 10.0 Å². The topological polar surface area (TPSA) is 46.2 Å². The van der Waals surface area contributed by atoms with Crippen LogP contribution in [0.4, 0.5) is 0 Å². The number of nitrogens with one attached hydrogen (secondary N) is 1. The average Bonchev–Trinajstić information content (AvgIpc) is 2.66. The van der Waals surface area contributed by atoms with E-state index in [2.05, 4.69) is 21.2 Å². The fourth-order valence-electron chi connectivity index (χ4n) is 2.77. The number of hydrogen-bond donors (Lipinski definition) is 1. The average molecular weight is 353 g/mol. The molecule has 1 fully saturated rings. The maximum atomic E-state index is 12.3. The Morgan fingerprint density at radius 3 is 2.90 bits per heavy atom. The molecule has 1 heterocycles. The minimum Gasteiger partial charge on any atom is -0.295 e. The molecule has 1 aromatic carbocycles. The van der Waals surface area contributed by atoms with Crippen molar-refractivity contribution in [2.45, 2.75) is 6.42 Å². The summed E-state index contributed by atoms with van der Waals surface area (Å²) in [5, 5.41) is 3.01. The molecule has 1 aliphatic carbocycles. The molecule has 2 unspecified atom stereocenters. The van der Waals surface area contributed by atoms with E-state index in [1.807, 2.05) is 12.1 Å². The Balaban J connectivity index is 2.05. The van der Waals surface area contributed by atoms with Crippen LogP contribution in [0, 0.1) is 11.3 Å². The van der Waals surface area contributed by atoms with Gasteiger partial charge in [0.1, 0.15) is 0 Å². The van der Waals surface area contributed by atoms with Crippen LogP contribution in [0.15, 0.2) is 47.0 Å². The summed E-state index contributed by atoms with van der Waals surface area (Å²) in [5.41, 5.74) is -0.0214. The van der Waals surface area contributed by atoms with Gasteiger partial charge in [-0.15, -0.1) is 0 Å². The third kappa shape index (κ3) is 2.03. The Bertz CT molecular complexity index is 668. The maximum absolute atomic E-state index is 12.3. The van der Waals surface area contributed by atoms with Crippen LogP contribution in [0.3, 0.4) is 0 Å². The predicted molar refractivity (Wildman–Crippen MR) is 80.2 cm³/mol. The number of carbonyl (C=O) groups excluding carboxylic acids is 2. The van der Waals surface area contributed by atoms with Gasteiger partial charge in [-0.3, -0.25) is 14.9 Å². The first-order valence-corrected chi connectivity index (χ1v) is 7.35. The third-order valence-corrected chi connectivity index (χ3v) is 4.66. The molecular weight excluding hydrogens is 342 g/mol. The molecule has 1 N–H and O–H groups in total. The summed E-state index contributed by atoms with van der Waals surface area (Å²) in [6.45, 7) is 0. The van der Waals surface area contributed by atoms with Crippen LogP contribution in [0.2, 0.25) is 5.02 Å². The summed E-state index contributed by atoms with van der Waals surface area (Å²) < 4.78 is 0.893. The third-order valence-electron chi connectivity index (χ3n) is 3.80. The highest BCUT2D eigenvalue weighted by atomic mass is 79.9. The van der Waals surface area contributed by atoms with E-state index in [0.29, 0.717) is 11.4 Å². The zero-order chi connectivity index (χ0) is 14.3. The molecule has 0 saturated carbocycles. The van der Waals surface area contributed by atoms with Crippen LogP contribution in [0.25, 0.3) is 0 Å². The number of benzene rings is 1. The predicted octanol–water partition coefficient (Wildman–Crippen LogP) is 3.03. The van der Waals surface area contributed by atoms with Crippen molar-refractivity contribution in [1.82, 2.24) is 5.32 Å². The summed E-state index contributed by atoms with van der Waals surface area (Å²) in [4.78, 5) is 24.2. The first-order valence-electron chi connectivity index (χ1n) is 6.18. The Morgan fingerprint density at radius 1 is 1.30 bits per heavy atom. The van der Waals surface area contributed by atoms with Crippen molar-refractivity contribution in [2.75, 3.05) is 0 Å². The van der Waals surface area contributed by atoms with Gasteiger partial charge >= 0.3 is 0 Å². The quantitative estimate of drug-likeness (QED) is 0.832. The monoisotopic (exact) mass is 351 g/mol. The van der Waals surface area contributed by atoms with Crippen LogP contribution in [0.1, 0.15) is 5.56 Å². The van der Waals surface area contributed by atoms with Crippen LogP contribution in [-0.2, 0) is 16.0 Å². The number of carbonyl (C=O) groups is 2. The van der Waals surface area contributed by atoms with Gasteiger partial charge in [0.05, 0.1) is 11.3 Å². The van der Waals surface area contributed by atoms with Gasteiger partial charge in [-0.05, 0) is 30.2 Å². The number of rotatable bonds is 2. The smallest absolute Gasteiger partial charge is 0.238 e. The minimum absolute atomic E-state index is 0.248. The molecule has 0 spiro atoms. The van der Waals surface area contributed by atoms with Gasteiger partial charge in [0, 0.05) is 9.50 Å². The Kier molecular flexibility index (Phi) is 3.30. The molecule has 2 atom stereocenters. The van der Waals surface area contributed by atoms with Gasteiger partial charge in [0.25, 0.3) is 0 Å². The molecule has 3 rings (SSSR count). The Labute approximate surface area is 129 Å². The molecule has 20 heavy (non-hydrogen) atoms. The second-order valence-electron chi connectivity index (χ2n) is 4.99. The number of hydrogen-bond acceptors (Lipinski definition) is 2. The fourth-order valence-corrected chi connectivity index (χ4v) is 3.36. The van der Waals surface area contributed by atoms with Crippen molar-refractivity contribution in [2.24, 2.45) is 11.3 Å². The first kappa shape index (κ1) is 13.6. The highest BCUT2D eigenvalue weighted by Crippen LogP contribution is 2.42. The molecule has 2 aliphatic rings. The lowest BCUT2D eigenvalue weighted by atomic mass is 9.70. The molecule has 102 valence electrons. The summed E-state index contributed by atoms with van der Waals surface area (Å²) in [5.74, 6) is -0.971. The molecule has 0 aromatic heterocycles. The van der Waals surface area contributed by atoms with E-state index in [9.17, 15) is 9.59 Å². The van der Waals surface area contributed by atoms with E-state index in [-0.39, 0.29) is 11.8 Å². The first-order chi connectivity index (χ1) is 9.53. The van der Waals surface area contributed by atoms with Gasteiger partial charge in [-0.2, -0.15) is 0 Å². The zero-order valence-electron chi connectivity index (χ0n) is 10.4. The molecular formula is C15H11BrClNO2. The second-order valence-corrected chi connectivity index (χ2v) is 6.32. The Hall–Kier alpha value is -1.39. The standard InChI is InChI=1S/C15H11BrClNO2/c16-10-4-5-12(17)9(7-10)8-15-6-2-1-3-11(15)13(19)18-14(15)20/h1-7,11H,8H2,(H,18,19,20). The van der Waals surface area contributed by atoms with Crippen LogP contribution >= 0.6 is 27.5 Å². The van der Waals surface area contributed by atoms with Crippen molar-refractivity contribution in [3.8, 4) is 0 Å². The van der Waals surface area contributed by atoms with Gasteiger partial charge in [0.15, 0.2) is 0 Å². The van der Waals surface area contributed by atoms with Crippen LogP contribution in [0.5, 0.6) is 0 Å². The zero-order valence-corrected chi connectivity index (χ0v) is 12.7. The van der Waals surface area contributed by atoms with Gasteiger partial charge in [-0.25, -0.2) is 0 Å². The normalized spacial score (nSPS) is 27.6. The number of imide groups is 1. The molecule has 1 aromatic rings. The number of fused-ring (bicyclic) bond motifs is 1. The molecule has 5 heteroatoms. The summed E-state index contributed by atoms with van der Waals surface area (Å²) in [6, 6.07) is 5.51. The van der Waals surface area contributed by atoms with Crippen LogP contribution in [-0.4, -0.2) is 11.8 Å². The van der Waals surface area contributed by atoms with Gasteiger partial charge < -0.3 is 0 Å². The minimum atomic E-state index is -0.865. The van der Waals surface area contributed by atoms with Gasteiger partial charge in [-0.1, -0.05) is 51.8 Å². The van der Waals surface area contributed by atoms with E-state index >= 15 is 0 Å². The number of amides is 2. The molecule has 0 radical (unpaired) electrons. The van der Waals surface area contributed by atoms with E-state index in [4.69, 9.17) is 11.6 Å². The molecule has 3 nitrogen and oxygen atoms in total. The summed E-state index contributed by atoms with van der Waals surface area (Å²) in [7, 11) is 0. The summed E-state index contributed by atoms with van der Waals surface area (Å²) in [6.07, 6.45) is 7.57. The van der Waals surface area contributed by atoms with Crippen molar-refractivity contribution < 1.29 is 9.59 Å². The fraction of sp³-hybridized carbons (Fsp3) is 0.200. The maximum Gasteiger partial charge on any atom is 0.238 e. The van der Waals surface area contributed by atoms with E-state index in [1.54, 1.807) is 30.4 Å². The highest BCUT2D eigenvalue weighted by molar-refractivity contribution is 9.10. The Morgan fingerprint density at radius 2 is 2.10 bits per heavy atom. The second kappa shape index (κ2) is 4.86. The number of halogens is 2. The van der Waals surface area contributed by atoms with E-state index in [1.165, 1.54) is 0 Å². The number of allylic oxidation sites excluding steroid dienone is 2. The molecule has 0 bridgehead atoms. The molecule has 1 saturated heterocycles. The van der Waals surface area contributed by atoms with Crippen molar-refractivity contribution in [1.29, 1.82) is 0 Å². The van der Waals surface area contributed by atoms with Gasteiger partial charge in [0.2, 0.25) is 11.8 Å². The lowest BCUT2D eigenvalue weighted by molar-refractivity contribution is -0.127. The van der Waals surface area contributed by atoms with E-state index < -0.39 is 11.3 Å². The lowest BCUT2D eigenvalue weighted by Gasteiger charge is -2.28. The lowest BCUT2D eigenvalue weighted by Crippen LogP contribution is -2.36.